The van der Waals surface area contributed by atoms with Gasteiger partial charge in [0.05, 0.1) is 5.56 Å². The van der Waals surface area contributed by atoms with Gasteiger partial charge >= 0.3 is 6.18 Å². The molecule has 1 saturated heterocycles. The molecule has 5 heteroatoms. The number of halogens is 3. The van der Waals surface area contributed by atoms with E-state index in [0.717, 1.165) is 63.4 Å². The van der Waals surface area contributed by atoms with E-state index in [1.807, 2.05) is 0 Å². The molecule has 0 unspecified atom stereocenters. The van der Waals surface area contributed by atoms with Crippen LogP contribution in [0.4, 0.5) is 18.9 Å². The van der Waals surface area contributed by atoms with Crippen LogP contribution in [0.25, 0.3) is 0 Å². The molecule has 1 radical (unpaired) electrons. The summed E-state index contributed by atoms with van der Waals surface area (Å²) in [6, 6.07) is 5.47. The Morgan fingerprint density at radius 3 is 2.10 bits per heavy atom. The second-order valence-corrected chi connectivity index (χ2v) is 5.43. The Morgan fingerprint density at radius 1 is 0.952 bits per heavy atom. The summed E-state index contributed by atoms with van der Waals surface area (Å²) < 4.78 is 37.6. The SMILES string of the molecule is [CH2]CCCCN1CCN(c2ccc(C(F)(F)F)cc2)CC1. The number of benzene rings is 1. The summed E-state index contributed by atoms with van der Waals surface area (Å²) in [5.41, 5.74) is 0.290. The van der Waals surface area contributed by atoms with E-state index in [2.05, 4.69) is 16.7 Å². The first-order chi connectivity index (χ1) is 10.0. The van der Waals surface area contributed by atoms with Crippen molar-refractivity contribution in [1.29, 1.82) is 0 Å². The van der Waals surface area contributed by atoms with Crippen LogP contribution in [0.2, 0.25) is 0 Å². The minimum atomic E-state index is -4.26. The van der Waals surface area contributed by atoms with Crippen LogP contribution >= 0.6 is 0 Å². The fourth-order valence-electron chi connectivity index (χ4n) is 2.60. The molecule has 2 rings (SSSR count). The van der Waals surface area contributed by atoms with E-state index in [1.165, 1.54) is 6.42 Å². The number of alkyl halides is 3. The molecule has 0 spiro atoms. The van der Waals surface area contributed by atoms with Crippen LogP contribution in [0.1, 0.15) is 24.8 Å². The van der Waals surface area contributed by atoms with Gasteiger partial charge in [0.1, 0.15) is 0 Å². The molecule has 0 aliphatic carbocycles. The van der Waals surface area contributed by atoms with E-state index in [9.17, 15) is 13.2 Å². The van der Waals surface area contributed by atoms with Crippen molar-refractivity contribution in [3.8, 4) is 0 Å². The van der Waals surface area contributed by atoms with E-state index in [4.69, 9.17) is 0 Å². The zero-order valence-corrected chi connectivity index (χ0v) is 12.2. The van der Waals surface area contributed by atoms with Crippen molar-refractivity contribution in [3.05, 3.63) is 36.8 Å². The standard InChI is InChI=1S/C16H22F3N2/c1-2-3-4-9-20-10-12-21(13-11-20)15-7-5-14(6-8-15)16(17,18)19/h5-8H,1-4,9-13H2. The lowest BCUT2D eigenvalue weighted by Gasteiger charge is -2.36. The zero-order valence-electron chi connectivity index (χ0n) is 12.2. The Hall–Kier alpha value is -1.23. The summed E-state index contributed by atoms with van der Waals surface area (Å²) in [5, 5.41) is 0. The molecule has 0 aromatic heterocycles. The van der Waals surface area contributed by atoms with E-state index in [1.54, 1.807) is 12.1 Å². The van der Waals surface area contributed by atoms with Gasteiger partial charge in [0.15, 0.2) is 0 Å². The number of hydrogen-bond acceptors (Lipinski definition) is 2. The number of rotatable bonds is 5. The van der Waals surface area contributed by atoms with Crippen molar-refractivity contribution >= 4 is 5.69 Å². The smallest absolute Gasteiger partial charge is 0.369 e. The summed E-state index contributed by atoms with van der Waals surface area (Å²) in [4.78, 5) is 4.56. The van der Waals surface area contributed by atoms with Crippen LogP contribution < -0.4 is 4.90 Å². The van der Waals surface area contributed by atoms with Crippen molar-refractivity contribution in [2.45, 2.75) is 25.4 Å². The molecule has 21 heavy (non-hydrogen) atoms. The van der Waals surface area contributed by atoms with Crippen molar-refractivity contribution in [1.82, 2.24) is 4.90 Å². The fraction of sp³-hybridized carbons (Fsp3) is 0.562. The van der Waals surface area contributed by atoms with Crippen molar-refractivity contribution in [2.24, 2.45) is 0 Å². The number of hydrogen-bond donors (Lipinski definition) is 0. The highest BCUT2D eigenvalue weighted by atomic mass is 19.4. The Balaban J connectivity index is 1.85. The van der Waals surface area contributed by atoms with Crippen molar-refractivity contribution < 1.29 is 13.2 Å². The van der Waals surface area contributed by atoms with Crippen LogP contribution in [0.15, 0.2) is 24.3 Å². The molecule has 0 amide bonds. The second-order valence-electron chi connectivity index (χ2n) is 5.43. The molecule has 117 valence electrons. The minimum absolute atomic E-state index is 0.585. The van der Waals surface area contributed by atoms with Crippen molar-refractivity contribution in [2.75, 3.05) is 37.6 Å². The molecule has 1 aliphatic rings. The second kappa shape index (κ2) is 7.16. The molecular weight excluding hydrogens is 277 g/mol. The fourth-order valence-corrected chi connectivity index (χ4v) is 2.60. The lowest BCUT2D eigenvalue weighted by atomic mass is 10.1. The third kappa shape index (κ3) is 4.63. The highest BCUT2D eigenvalue weighted by molar-refractivity contribution is 5.48. The normalized spacial score (nSPS) is 17.2. The monoisotopic (exact) mass is 299 g/mol. The molecule has 1 aromatic carbocycles. The first kappa shape index (κ1) is 16.1. The zero-order chi connectivity index (χ0) is 15.3. The third-order valence-corrected chi connectivity index (χ3v) is 3.91. The van der Waals surface area contributed by atoms with Crippen LogP contribution in [-0.4, -0.2) is 37.6 Å². The quantitative estimate of drug-likeness (QED) is 0.762. The highest BCUT2D eigenvalue weighted by Gasteiger charge is 2.30. The molecule has 0 saturated carbocycles. The van der Waals surface area contributed by atoms with Crippen molar-refractivity contribution in [3.63, 3.8) is 0 Å². The van der Waals surface area contributed by atoms with Crippen LogP contribution in [0, 0.1) is 6.92 Å². The van der Waals surface area contributed by atoms with E-state index < -0.39 is 11.7 Å². The lowest BCUT2D eigenvalue weighted by Crippen LogP contribution is -2.46. The average Bonchev–Trinajstić information content (AvgIpc) is 2.48. The van der Waals surface area contributed by atoms with Gasteiger partial charge in [-0.3, -0.25) is 4.90 Å². The number of anilines is 1. The van der Waals surface area contributed by atoms with Gasteiger partial charge in [0.2, 0.25) is 0 Å². The summed E-state index contributed by atoms with van der Waals surface area (Å²) >= 11 is 0. The molecule has 1 fully saturated rings. The molecule has 1 aromatic rings. The van der Waals surface area contributed by atoms with Gasteiger partial charge < -0.3 is 4.90 Å². The first-order valence-corrected chi connectivity index (χ1v) is 7.44. The Morgan fingerprint density at radius 2 is 1.57 bits per heavy atom. The third-order valence-electron chi connectivity index (χ3n) is 3.91. The van der Waals surface area contributed by atoms with Gasteiger partial charge in [0.25, 0.3) is 0 Å². The van der Waals surface area contributed by atoms with Gasteiger partial charge in [-0.25, -0.2) is 0 Å². The van der Waals surface area contributed by atoms with Crippen LogP contribution in [-0.2, 0) is 6.18 Å². The number of piperazine rings is 1. The van der Waals surface area contributed by atoms with Gasteiger partial charge in [0, 0.05) is 31.9 Å². The molecule has 1 heterocycles. The Labute approximate surface area is 124 Å². The van der Waals surface area contributed by atoms with Crippen LogP contribution in [0.3, 0.4) is 0 Å². The topological polar surface area (TPSA) is 6.48 Å². The average molecular weight is 299 g/mol. The maximum atomic E-state index is 12.5. The van der Waals surface area contributed by atoms with E-state index >= 15 is 0 Å². The predicted molar refractivity (Wildman–Crippen MR) is 79.3 cm³/mol. The van der Waals surface area contributed by atoms with Gasteiger partial charge in [-0.2, -0.15) is 13.2 Å². The summed E-state index contributed by atoms with van der Waals surface area (Å²) in [7, 11) is 0. The first-order valence-electron chi connectivity index (χ1n) is 7.44. The highest BCUT2D eigenvalue weighted by Crippen LogP contribution is 2.30. The molecule has 1 aliphatic heterocycles. The van der Waals surface area contributed by atoms with Gasteiger partial charge in [-0.05, 0) is 37.2 Å². The molecule has 0 N–H and O–H groups in total. The number of nitrogens with zero attached hydrogens (tertiary/aromatic N) is 2. The van der Waals surface area contributed by atoms with E-state index in [0.29, 0.717) is 0 Å². The molecular formula is C16H22F3N2. The summed E-state index contributed by atoms with van der Waals surface area (Å²) in [6.07, 6.45) is -0.959. The minimum Gasteiger partial charge on any atom is -0.369 e. The Kier molecular flexibility index (Phi) is 5.51. The van der Waals surface area contributed by atoms with Gasteiger partial charge in [-0.15, -0.1) is 0 Å². The molecule has 0 bridgehead atoms. The largest absolute Gasteiger partial charge is 0.416 e. The van der Waals surface area contributed by atoms with E-state index in [-0.39, 0.29) is 0 Å². The summed E-state index contributed by atoms with van der Waals surface area (Å²) in [6.45, 7) is 8.61. The molecule has 0 atom stereocenters. The van der Waals surface area contributed by atoms with Crippen LogP contribution in [0.5, 0.6) is 0 Å². The predicted octanol–water partition coefficient (Wildman–Crippen LogP) is 3.83. The maximum Gasteiger partial charge on any atom is 0.416 e. The molecule has 2 nitrogen and oxygen atoms in total. The van der Waals surface area contributed by atoms with Gasteiger partial charge in [-0.1, -0.05) is 19.8 Å². The maximum absolute atomic E-state index is 12.5. The lowest BCUT2D eigenvalue weighted by molar-refractivity contribution is -0.137. The number of unbranched alkanes of at least 4 members (excludes halogenated alkanes) is 2. The Bertz CT molecular complexity index is 420. The summed E-state index contributed by atoms with van der Waals surface area (Å²) in [5.74, 6) is 0.